The predicted octanol–water partition coefficient (Wildman–Crippen LogP) is 1.68. The van der Waals surface area contributed by atoms with Gasteiger partial charge in [0.25, 0.3) is 0 Å². The van der Waals surface area contributed by atoms with Crippen molar-refractivity contribution in [3.63, 3.8) is 0 Å². The summed E-state index contributed by atoms with van der Waals surface area (Å²) in [7, 11) is 0. The number of rotatable bonds is 4. The summed E-state index contributed by atoms with van der Waals surface area (Å²) in [5.41, 5.74) is -1.18. The molecule has 0 saturated heterocycles. The topological polar surface area (TPSA) is 66.8 Å². The van der Waals surface area contributed by atoms with Crippen LogP contribution in [0.3, 0.4) is 0 Å². The first-order chi connectivity index (χ1) is 7.84. The maximum absolute atomic E-state index is 13.2. The Morgan fingerprint density at radius 2 is 1.76 bits per heavy atom. The van der Waals surface area contributed by atoms with Crippen molar-refractivity contribution in [1.82, 2.24) is 0 Å². The number of carboxylic acids is 1. The van der Waals surface area contributed by atoms with Crippen molar-refractivity contribution < 1.29 is 37.3 Å². The van der Waals surface area contributed by atoms with Gasteiger partial charge >= 0.3 is 12.6 Å². The maximum atomic E-state index is 13.2. The van der Waals surface area contributed by atoms with Gasteiger partial charge in [-0.05, 0) is 12.1 Å². The highest BCUT2D eigenvalue weighted by Gasteiger charge is 2.28. The lowest BCUT2D eigenvalue weighted by molar-refractivity contribution is -0.147. The third-order valence-electron chi connectivity index (χ3n) is 1.81. The van der Waals surface area contributed by atoms with Gasteiger partial charge in [0.1, 0.15) is 5.82 Å². The Balaban J connectivity index is 3.34. The Labute approximate surface area is 92.1 Å². The van der Waals surface area contributed by atoms with Gasteiger partial charge < -0.3 is 14.9 Å². The second-order valence-electron chi connectivity index (χ2n) is 2.89. The first-order valence-corrected chi connectivity index (χ1v) is 4.18. The Kier molecular flexibility index (Phi) is 3.89. The maximum Gasteiger partial charge on any atom is 0.387 e. The van der Waals surface area contributed by atoms with E-state index in [2.05, 4.69) is 4.74 Å². The fraction of sp³-hybridized carbons (Fsp3) is 0.222. The second-order valence-corrected chi connectivity index (χ2v) is 2.89. The molecule has 0 saturated carbocycles. The molecule has 0 aliphatic carbocycles. The fourth-order valence-corrected chi connectivity index (χ4v) is 1.14. The van der Waals surface area contributed by atoms with E-state index in [1.165, 1.54) is 0 Å². The van der Waals surface area contributed by atoms with E-state index in [-0.39, 0.29) is 0 Å². The van der Waals surface area contributed by atoms with Crippen molar-refractivity contribution in [3.8, 4) is 5.75 Å². The van der Waals surface area contributed by atoms with Gasteiger partial charge in [-0.3, -0.25) is 0 Å². The lowest BCUT2D eigenvalue weighted by Crippen LogP contribution is -2.16. The first kappa shape index (κ1) is 13.2. The Morgan fingerprint density at radius 1 is 1.24 bits per heavy atom. The molecular formula is C9H6F4O4. The molecule has 0 spiro atoms. The zero-order chi connectivity index (χ0) is 13.2. The molecule has 4 nitrogen and oxygen atoms in total. The molecule has 0 fully saturated rings. The highest BCUT2D eigenvalue weighted by molar-refractivity contribution is 5.75. The van der Waals surface area contributed by atoms with Crippen molar-refractivity contribution in [1.29, 1.82) is 0 Å². The SMILES string of the molecule is O=C(O)C(O)c1c(F)ccc(F)c1OC(F)F. The predicted molar refractivity (Wildman–Crippen MR) is 45.6 cm³/mol. The summed E-state index contributed by atoms with van der Waals surface area (Å²) in [4.78, 5) is 10.4. The summed E-state index contributed by atoms with van der Waals surface area (Å²) in [6, 6.07) is 0.972. The summed E-state index contributed by atoms with van der Waals surface area (Å²) >= 11 is 0. The number of hydrogen-bond donors (Lipinski definition) is 2. The molecular weight excluding hydrogens is 248 g/mol. The molecule has 1 rings (SSSR count). The van der Waals surface area contributed by atoms with Gasteiger partial charge in [-0.2, -0.15) is 8.78 Å². The number of halogens is 4. The molecule has 1 atom stereocenters. The number of carbonyl (C=O) groups is 1. The van der Waals surface area contributed by atoms with E-state index in [1.54, 1.807) is 0 Å². The molecule has 1 aromatic carbocycles. The minimum absolute atomic E-state index is 0.477. The van der Waals surface area contributed by atoms with Crippen LogP contribution in [0.5, 0.6) is 5.75 Å². The average molecular weight is 254 g/mol. The molecule has 1 unspecified atom stereocenters. The van der Waals surface area contributed by atoms with Crippen LogP contribution in [0.2, 0.25) is 0 Å². The molecule has 1 aromatic rings. The van der Waals surface area contributed by atoms with Gasteiger partial charge in [0.05, 0.1) is 5.56 Å². The summed E-state index contributed by atoms with van der Waals surface area (Å²) in [6.07, 6.45) is -2.50. The average Bonchev–Trinajstić information content (AvgIpc) is 2.22. The van der Waals surface area contributed by atoms with Crippen LogP contribution in [0.4, 0.5) is 17.6 Å². The molecule has 0 heterocycles. The third-order valence-corrected chi connectivity index (χ3v) is 1.81. The van der Waals surface area contributed by atoms with Crippen molar-refractivity contribution in [2.45, 2.75) is 12.7 Å². The van der Waals surface area contributed by atoms with Crippen molar-refractivity contribution in [2.24, 2.45) is 0 Å². The molecule has 2 N–H and O–H groups in total. The highest BCUT2D eigenvalue weighted by atomic mass is 19.3. The van der Waals surface area contributed by atoms with E-state index >= 15 is 0 Å². The van der Waals surface area contributed by atoms with Crippen molar-refractivity contribution >= 4 is 5.97 Å². The standard InChI is InChI=1S/C9H6F4O4/c10-3-1-2-4(11)7(17-9(12)13)5(3)6(14)8(15)16/h1-2,6,9,14H,(H,15,16). The zero-order valence-electron chi connectivity index (χ0n) is 8.03. The van der Waals surface area contributed by atoms with Gasteiger partial charge in [-0.25, -0.2) is 13.6 Å². The molecule has 0 amide bonds. The van der Waals surface area contributed by atoms with Gasteiger partial charge in [-0.15, -0.1) is 0 Å². The van der Waals surface area contributed by atoms with Crippen LogP contribution in [0.1, 0.15) is 11.7 Å². The van der Waals surface area contributed by atoms with Gasteiger partial charge in [0.2, 0.25) is 0 Å². The molecule has 94 valence electrons. The van der Waals surface area contributed by atoms with Crippen LogP contribution >= 0.6 is 0 Å². The van der Waals surface area contributed by atoms with Crippen molar-refractivity contribution in [3.05, 3.63) is 29.3 Å². The zero-order valence-corrected chi connectivity index (χ0v) is 8.03. The summed E-state index contributed by atoms with van der Waals surface area (Å²) in [5, 5.41) is 17.5. The van der Waals surface area contributed by atoms with Crippen LogP contribution < -0.4 is 4.74 Å². The number of aliphatic carboxylic acids is 1. The number of benzene rings is 1. The van der Waals surface area contributed by atoms with E-state index in [0.29, 0.717) is 12.1 Å². The van der Waals surface area contributed by atoms with Gasteiger partial charge in [0.15, 0.2) is 17.7 Å². The first-order valence-electron chi connectivity index (χ1n) is 4.18. The number of aliphatic hydroxyl groups excluding tert-OH is 1. The molecule has 0 aliphatic rings. The molecule has 8 heteroatoms. The molecule has 0 radical (unpaired) electrons. The molecule has 0 aromatic heterocycles. The number of aliphatic hydroxyl groups is 1. The number of alkyl halides is 2. The molecule has 0 aliphatic heterocycles. The summed E-state index contributed by atoms with van der Waals surface area (Å²) in [5.74, 6) is -6.01. The normalized spacial score (nSPS) is 12.6. The lowest BCUT2D eigenvalue weighted by Gasteiger charge is -2.14. The van der Waals surface area contributed by atoms with Crippen LogP contribution in [-0.4, -0.2) is 22.8 Å². The minimum Gasteiger partial charge on any atom is -0.479 e. The molecule has 0 bridgehead atoms. The van der Waals surface area contributed by atoms with E-state index in [1.807, 2.05) is 0 Å². The fourth-order valence-electron chi connectivity index (χ4n) is 1.14. The monoisotopic (exact) mass is 254 g/mol. The Morgan fingerprint density at radius 3 is 2.24 bits per heavy atom. The van der Waals surface area contributed by atoms with E-state index in [0.717, 1.165) is 0 Å². The van der Waals surface area contributed by atoms with Crippen molar-refractivity contribution in [2.75, 3.05) is 0 Å². The number of carboxylic acid groups (broad SMARTS) is 1. The highest BCUT2D eigenvalue weighted by Crippen LogP contribution is 2.32. The van der Waals surface area contributed by atoms with Crippen LogP contribution in [0, 0.1) is 11.6 Å². The lowest BCUT2D eigenvalue weighted by atomic mass is 10.1. The minimum atomic E-state index is -3.48. The number of hydrogen-bond acceptors (Lipinski definition) is 3. The van der Waals surface area contributed by atoms with Gasteiger partial charge in [-0.1, -0.05) is 0 Å². The summed E-state index contributed by atoms with van der Waals surface area (Å²) < 4.78 is 53.8. The largest absolute Gasteiger partial charge is 0.479 e. The second kappa shape index (κ2) is 5.00. The van der Waals surface area contributed by atoms with Crippen LogP contribution in [-0.2, 0) is 4.79 Å². The van der Waals surface area contributed by atoms with Gasteiger partial charge in [0, 0.05) is 0 Å². The van der Waals surface area contributed by atoms with Crippen LogP contribution in [0.15, 0.2) is 12.1 Å². The quantitative estimate of drug-likeness (QED) is 0.802. The van der Waals surface area contributed by atoms with E-state index < -0.39 is 41.6 Å². The molecule has 17 heavy (non-hydrogen) atoms. The van der Waals surface area contributed by atoms with E-state index in [9.17, 15) is 22.4 Å². The smallest absolute Gasteiger partial charge is 0.387 e. The van der Waals surface area contributed by atoms with Crippen LogP contribution in [0.25, 0.3) is 0 Å². The third kappa shape index (κ3) is 2.84. The van der Waals surface area contributed by atoms with E-state index in [4.69, 9.17) is 10.2 Å². The number of ether oxygens (including phenoxy) is 1. The summed E-state index contributed by atoms with van der Waals surface area (Å²) in [6.45, 7) is -3.48. The Bertz CT molecular complexity index is 435. The Hall–Kier alpha value is -1.83.